The zero-order chi connectivity index (χ0) is 32.1. The second kappa shape index (κ2) is 18.3. The Morgan fingerprint density at radius 3 is 2.41 bits per heavy atom. The highest BCUT2D eigenvalue weighted by molar-refractivity contribution is 7.18. The molecule has 3 N–H and O–H groups in total. The molecule has 2 atom stereocenters. The number of fused-ring (bicyclic) bond motifs is 1. The number of hydrogen-bond acceptors (Lipinski definition) is 6. The highest BCUT2D eigenvalue weighted by atomic mass is 32.1. The number of nitrogens with zero attached hydrogens (tertiary/aromatic N) is 2. The first-order valence-electron chi connectivity index (χ1n) is 16.8. The second-order valence-corrected chi connectivity index (χ2v) is 13.8. The zero-order valence-corrected chi connectivity index (χ0v) is 28.5. The van der Waals surface area contributed by atoms with Crippen molar-refractivity contribution in [3.63, 3.8) is 0 Å². The van der Waals surface area contributed by atoms with Gasteiger partial charge in [-0.1, -0.05) is 79.4 Å². The number of rotatable bonds is 18. The van der Waals surface area contributed by atoms with E-state index in [0.717, 1.165) is 34.7 Å². The Balaban J connectivity index is 1.69. The third-order valence-corrected chi connectivity index (χ3v) is 9.81. The maximum Gasteiger partial charge on any atom is 0.247 e. The summed E-state index contributed by atoms with van der Waals surface area (Å²) in [6.45, 7) is 17.7. The number of nitrogens with one attached hydrogen (secondary N) is 3. The predicted octanol–water partition coefficient (Wildman–Crippen LogP) is 5.96. The van der Waals surface area contributed by atoms with E-state index in [-0.39, 0.29) is 23.6 Å². The van der Waals surface area contributed by atoms with Crippen molar-refractivity contribution in [3.05, 3.63) is 40.9 Å². The quantitative estimate of drug-likeness (QED) is 0.177. The molecule has 8 nitrogen and oxygen atoms in total. The molecule has 3 amide bonds. The van der Waals surface area contributed by atoms with Crippen molar-refractivity contribution < 1.29 is 14.4 Å². The zero-order valence-electron chi connectivity index (χ0n) is 27.7. The highest BCUT2D eigenvalue weighted by Gasteiger charge is 2.26. The fraction of sp³-hybridized carbons (Fsp3) is 0.657. The first kappa shape index (κ1) is 35.7. The van der Waals surface area contributed by atoms with Crippen molar-refractivity contribution in [1.82, 2.24) is 25.8 Å². The highest BCUT2D eigenvalue weighted by Crippen LogP contribution is 2.29. The predicted molar refractivity (Wildman–Crippen MR) is 182 cm³/mol. The minimum Gasteiger partial charge on any atom is -0.354 e. The van der Waals surface area contributed by atoms with E-state index in [4.69, 9.17) is 4.98 Å². The molecule has 1 aliphatic carbocycles. The van der Waals surface area contributed by atoms with Crippen molar-refractivity contribution in [1.29, 1.82) is 0 Å². The number of aromatic nitrogens is 1. The molecule has 44 heavy (non-hydrogen) atoms. The van der Waals surface area contributed by atoms with Gasteiger partial charge in [-0.2, -0.15) is 0 Å². The summed E-state index contributed by atoms with van der Waals surface area (Å²) in [6, 6.07) is 5.61. The molecule has 0 radical (unpaired) electrons. The maximum atomic E-state index is 13.6. The third-order valence-electron chi connectivity index (χ3n) is 8.77. The summed E-state index contributed by atoms with van der Waals surface area (Å²) in [5.74, 6) is 0.647. The standard InChI is InChI=1S/C35H55N5O3S/c1-7-13-32(41)38-30(20-33-39-29-17-16-28(24(4)5)19-31(29)44-33)35(43)37-22-27(18-26-14-11-10-12-15-26)21-36-34(42)25(6)23-40(8-2)9-3/h16-17,19,24,26-27,30H,6-15,18,20-23H2,1-5H3,(H,36,42)(H,37,43)(H,38,41)/t27?,30-/m0/s1. The molecule has 1 aromatic heterocycles. The van der Waals surface area contributed by atoms with E-state index in [2.05, 4.69) is 67.3 Å². The number of hydrogen-bond donors (Lipinski definition) is 3. The Morgan fingerprint density at radius 1 is 1.05 bits per heavy atom. The van der Waals surface area contributed by atoms with Crippen LogP contribution in [-0.4, -0.2) is 66.4 Å². The van der Waals surface area contributed by atoms with E-state index in [0.29, 0.717) is 56.3 Å². The van der Waals surface area contributed by atoms with Crippen molar-refractivity contribution >= 4 is 39.3 Å². The monoisotopic (exact) mass is 625 g/mol. The smallest absolute Gasteiger partial charge is 0.247 e. The summed E-state index contributed by atoms with van der Waals surface area (Å²) >= 11 is 1.58. The number of thiazole rings is 1. The fourth-order valence-electron chi connectivity index (χ4n) is 5.96. The minimum atomic E-state index is -0.710. The lowest BCUT2D eigenvalue weighted by Crippen LogP contribution is -2.49. The molecule has 0 aliphatic heterocycles. The average Bonchev–Trinajstić information content (AvgIpc) is 3.42. The van der Waals surface area contributed by atoms with Crippen LogP contribution in [0.5, 0.6) is 0 Å². The second-order valence-electron chi connectivity index (χ2n) is 12.7. The maximum absolute atomic E-state index is 13.6. The van der Waals surface area contributed by atoms with Crippen LogP contribution in [0, 0.1) is 11.8 Å². The summed E-state index contributed by atoms with van der Waals surface area (Å²) in [4.78, 5) is 46.1. The van der Waals surface area contributed by atoms with Crippen LogP contribution in [0.1, 0.15) is 102 Å². The van der Waals surface area contributed by atoms with Gasteiger partial charge in [0.2, 0.25) is 17.7 Å². The molecule has 1 saturated carbocycles. The Hall–Kier alpha value is -2.78. The van der Waals surface area contributed by atoms with Crippen LogP contribution in [0.2, 0.25) is 0 Å². The van der Waals surface area contributed by atoms with Crippen molar-refractivity contribution in [2.24, 2.45) is 11.8 Å². The molecule has 0 spiro atoms. The lowest BCUT2D eigenvalue weighted by Gasteiger charge is -2.28. The van der Waals surface area contributed by atoms with Crippen LogP contribution in [-0.2, 0) is 20.8 Å². The van der Waals surface area contributed by atoms with E-state index in [1.165, 1.54) is 37.7 Å². The van der Waals surface area contributed by atoms with Gasteiger partial charge in [-0.3, -0.25) is 19.3 Å². The van der Waals surface area contributed by atoms with Gasteiger partial charge in [0.05, 0.1) is 15.2 Å². The first-order chi connectivity index (χ1) is 21.1. The summed E-state index contributed by atoms with van der Waals surface area (Å²) in [7, 11) is 0. The summed E-state index contributed by atoms with van der Waals surface area (Å²) < 4.78 is 1.09. The van der Waals surface area contributed by atoms with Gasteiger partial charge in [0.1, 0.15) is 6.04 Å². The van der Waals surface area contributed by atoms with E-state index in [9.17, 15) is 14.4 Å². The number of carbonyl (C=O) groups is 3. The molecular formula is C35H55N5O3S. The Labute approximate surface area is 268 Å². The summed E-state index contributed by atoms with van der Waals surface area (Å²) in [6.07, 6.45) is 8.52. The van der Waals surface area contributed by atoms with Gasteiger partial charge in [-0.15, -0.1) is 11.3 Å². The lowest BCUT2D eigenvalue weighted by molar-refractivity contribution is -0.129. The summed E-state index contributed by atoms with van der Waals surface area (Å²) in [5, 5.41) is 10.0. The van der Waals surface area contributed by atoms with Crippen LogP contribution >= 0.6 is 11.3 Å². The van der Waals surface area contributed by atoms with E-state index in [1.807, 2.05) is 13.0 Å². The Morgan fingerprint density at radius 2 is 1.75 bits per heavy atom. The lowest BCUT2D eigenvalue weighted by atomic mass is 9.82. The van der Waals surface area contributed by atoms with Gasteiger partial charge in [-0.05, 0) is 61.4 Å². The molecule has 244 valence electrons. The van der Waals surface area contributed by atoms with Crippen LogP contribution < -0.4 is 16.0 Å². The van der Waals surface area contributed by atoms with Gasteiger partial charge >= 0.3 is 0 Å². The summed E-state index contributed by atoms with van der Waals surface area (Å²) in [5.41, 5.74) is 2.73. The van der Waals surface area contributed by atoms with Crippen LogP contribution in [0.25, 0.3) is 10.2 Å². The normalized spacial score (nSPS) is 15.3. The molecule has 3 rings (SSSR count). The SMILES string of the molecule is C=C(CN(CC)CC)C(=O)NCC(CNC(=O)[C@H](Cc1nc2ccc(C(C)C)cc2s1)NC(=O)CCC)CC1CCCCC1. The number of amides is 3. The first-order valence-corrected chi connectivity index (χ1v) is 17.6. The van der Waals surface area contributed by atoms with E-state index in [1.54, 1.807) is 11.3 Å². The largest absolute Gasteiger partial charge is 0.354 e. The van der Waals surface area contributed by atoms with Gasteiger partial charge < -0.3 is 16.0 Å². The van der Waals surface area contributed by atoms with Crippen LogP contribution in [0.3, 0.4) is 0 Å². The molecule has 9 heteroatoms. The molecule has 0 saturated heterocycles. The molecular weight excluding hydrogens is 570 g/mol. The molecule has 1 aromatic carbocycles. The minimum absolute atomic E-state index is 0.0937. The number of likely N-dealkylation sites (N-methyl/N-ethyl adjacent to an activating group) is 1. The van der Waals surface area contributed by atoms with Gasteiger partial charge in [0.15, 0.2) is 0 Å². The van der Waals surface area contributed by atoms with Gasteiger partial charge in [-0.25, -0.2) is 4.98 Å². The number of benzene rings is 1. The Kier molecular flexibility index (Phi) is 14.8. The van der Waals surface area contributed by atoms with E-state index >= 15 is 0 Å². The molecule has 0 bridgehead atoms. The Bertz CT molecular complexity index is 1230. The molecule has 1 unspecified atom stereocenters. The van der Waals surface area contributed by atoms with Crippen molar-refractivity contribution in [2.45, 2.75) is 104 Å². The fourth-order valence-corrected chi connectivity index (χ4v) is 7.03. The molecule has 2 aromatic rings. The van der Waals surface area contributed by atoms with E-state index < -0.39 is 6.04 Å². The van der Waals surface area contributed by atoms with Crippen molar-refractivity contribution in [3.8, 4) is 0 Å². The number of carbonyl (C=O) groups excluding carboxylic acids is 3. The third kappa shape index (κ3) is 11.3. The van der Waals surface area contributed by atoms with Gasteiger partial charge in [0, 0.05) is 38.0 Å². The molecule has 1 aliphatic rings. The molecule has 1 fully saturated rings. The van der Waals surface area contributed by atoms with Gasteiger partial charge in [0.25, 0.3) is 0 Å². The topological polar surface area (TPSA) is 103 Å². The van der Waals surface area contributed by atoms with Crippen LogP contribution in [0.4, 0.5) is 0 Å². The average molecular weight is 626 g/mol. The van der Waals surface area contributed by atoms with Crippen molar-refractivity contribution in [2.75, 3.05) is 32.7 Å². The van der Waals surface area contributed by atoms with Crippen LogP contribution in [0.15, 0.2) is 30.4 Å². The molecule has 1 heterocycles.